The second-order valence-electron chi connectivity index (χ2n) is 4.98. The third-order valence-corrected chi connectivity index (χ3v) is 3.92. The molecule has 2 heterocycles. The van der Waals surface area contributed by atoms with Crippen molar-refractivity contribution in [2.24, 2.45) is 5.10 Å². The molecule has 0 bridgehead atoms. The Morgan fingerprint density at radius 3 is 2.88 bits per heavy atom. The van der Waals surface area contributed by atoms with E-state index < -0.39 is 4.92 Å². The van der Waals surface area contributed by atoms with Crippen LogP contribution in [0.1, 0.15) is 10.8 Å². The van der Waals surface area contributed by atoms with Crippen LogP contribution in [-0.2, 0) is 11.2 Å². The summed E-state index contributed by atoms with van der Waals surface area (Å²) >= 11 is 1.12. The Bertz CT molecular complexity index is 980. The first-order valence-corrected chi connectivity index (χ1v) is 8.08. The number of amides is 1. The topological polar surface area (TPSA) is 150 Å². The van der Waals surface area contributed by atoms with E-state index in [1.165, 1.54) is 12.3 Å². The molecule has 0 aliphatic carbocycles. The molecule has 0 aliphatic rings. The van der Waals surface area contributed by atoms with Gasteiger partial charge in [-0.3, -0.25) is 14.9 Å². The number of rotatable bonds is 6. The van der Waals surface area contributed by atoms with Crippen LogP contribution >= 0.6 is 11.3 Å². The molecule has 0 atom stereocenters. The highest BCUT2D eigenvalue weighted by Crippen LogP contribution is 2.30. The van der Waals surface area contributed by atoms with Crippen molar-refractivity contribution in [2.45, 2.75) is 6.42 Å². The summed E-state index contributed by atoms with van der Waals surface area (Å²) in [4.78, 5) is 22.3. The number of hydrogen-bond donors (Lipinski definition) is 2. The molecule has 0 unspecified atom stereocenters. The van der Waals surface area contributed by atoms with Gasteiger partial charge in [0.15, 0.2) is 0 Å². The standard InChI is InChI=1S/C15H12N6O4S/c16-15-20-19-14(26-15)7-13(22)18-17-8-9-5-6-12(25-9)10-3-1-2-4-11(10)21(23)24/h1-6,8H,7H2,(H2,16,20)(H,18,22)/b17-8+. The lowest BCUT2D eigenvalue weighted by Gasteiger charge is -1.98. The maximum Gasteiger partial charge on any atom is 0.280 e. The number of hydrogen-bond acceptors (Lipinski definition) is 9. The smallest absolute Gasteiger partial charge is 0.280 e. The molecule has 0 saturated carbocycles. The number of nitrogens with zero attached hydrogens (tertiary/aromatic N) is 4. The summed E-state index contributed by atoms with van der Waals surface area (Å²) in [5.41, 5.74) is 8.06. The number of benzene rings is 1. The Morgan fingerprint density at radius 2 is 2.15 bits per heavy atom. The van der Waals surface area contributed by atoms with Crippen molar-refractivity contribution in [1.82, 2.24) is 15.6 Å². The predicted octanol–water partition coefficient (Wildman–Crippen LogP) is 1.98. The first kappa shape index (κ1) is 17.2. The predicted molar refractivity (Wildman–Crippen MR) is 94.6 cm³/mol. The van der Waals surface area contributed by atoms with E-state index in [1.54, 1.807) is 30.3 Å². The van der Waals surface area contributed by atoms with E-state index in [2.05, 4.69) is 20.7 Å². The van der Waals surface area contributed by atoms with Crippen LogP contribution < -0.4 is 11.2 Å². The summed E-state index contributed by atoms with van der Waals surface area (Å²) in [7, 11) is 0. The van der Waals surface area contributed by atoms with E-state index in [1.807, 2.05) is 0 Å². The maximum absolute atomic E-state index is 11.7. The first-order valence-electron chi connectivity index (χ1n) is 7.26. The molecule has 3 rings (SSSR count). The highest BCUT2D eigenvalue weighted by molar-refractivity contribution is 7.15. The molecule has 0 radical (unpaired) electrons. The molecule has 0 saturated heterocycles. The highest BCUT2D eigenvalue weighted by Gasteiger charge is 2.16. The van der Waals surface area contributed by atoms with E-state index in [0.717, 1.165) is 11.3 Å². The lowest BCUT2D eigenvalue weighted by molar-refractivity contribution is -0.384. The van der Waals surface area contributed by atoms with Gasteiger partial charge in [-0.15, -0.1) is 10.2 Å². The van der Waals surface area contributed by atoms with Gasteiger partial charge in [0.2, 0.25) is 11.0 Å². The fourth-order valence-corrected chi connectivity index (χ4v) is 2.70. The van der Waals surface area contributed by atoms with Crippen molar-refractivity contribution in [3.05, 3.63) is 57.3 Å². The summed E-state index contributed by atoms with van der Waals surface area (Å²) in [5, 5.41) is 23.0. The molecular weight excluding hydrogens is 360 g/mol. The zero-order valence-electron chi connectivity index (χ0n) is 13.2. The van der Waals surface area contributed by atoms with Crippen molar-refractivity contribution in [3.8, 4) is 11.3 Å². The minimum Gasteiger partial charge on any atom is -0.455 e. The molecule has 0 spiro atoms. The van der Waals surface area contributed by atoms with Crippen LogP contribution in [0, 0.1) is 10.1 Å². The van der Waals surface area contributed by atoms with E-state index in [9.17, 15) is 14.9 Å². The first-order chi connectivity index (χ1) is 12.5. The van der Waals surface area contributed by atoms with Gasteiger partial charge in [0.25, 0.3) is 5.69 Å². The minimum absolute atomic E-state index is 0.00578. The van der Waals surface area contributed by atoms with Crippen LogP contribution in [0.25, 0.3) is 11.3 Å². The minimum atomic E-state index is -0.480. The molecule has 132 valence electrons. The van der Waals surface area contributed by atoms with Crippen LogP contribution in [0.5, 0.6) is 0 Å². The van der Waals surface area contributed by atoms with Crippen LogP contribution in [0.3, 0.4) is 0 Å². The average molecular weight is 372 g/mol. The maximum atomic E-state index is 11.7. The third kappa shape index (κ3) is 4.08. The monoisotopic (exact) mass is 372 g/mol. The second-order valence-corrected chi connectivity index (χ2v) is 6.07. The van der Waals surface area contributed by atoms with Crippen molar-refractivity contribution >= 4 is 34.3 Å². The molecule has 10 nitrogen and oxygen atoms in total. The van der Waals surface area contributed by atoms with Crippen LogP contribution in [0.4, 0.5) is 10.8 Å². The fraction of sp³-hybridized carbons (Fsp3) is 0.0667. The van der Waals surface area contributed by atoms with Gasteiger partial charge in [-0.05, 0) is 18.2 Å². The van der Waals surface area contributed by atoms with Crippen molar-refractivity contribution in [1.29, 1.82) is 0 Å². The van der Waals surface area contributed by atoms with Crippen LogP contribution in [0.15, 0.2) is 45.9 Å². The Balaban J connectivity index is 1.64. The van der Waals surface area contributed by atoms with Gasteiger partial charge in [-0.25, -0.2) is 5.43 Å². The molecular formula is C15H12N6O4S. The molecule has 1 amide bonds. The molecule has 0 fully saturated rings. The molecule has 2 aromatic heterocycles. The summed E-state index contributed by atoms with van der Waals surface area (Å²) in [6, 6.07) is 9.43. The van der Waals surface area contributed by atoms with Crippen LogP contribution in [-0.4, -0.2) is 27.2 Å². The number of nitrogen functional groups attached to an aromatic ring is 1. The van der Waals surface area contributed by atoms with E-state index in [0.29, 0.717) is 22.1 Å². The number of furan rings is 1. The average Bonchev–Trinajstić information content (AvgIpc) is 3.24. The van der Waals surface area contributed by atoms with E-state index in [-0.39, 0.29) is 23.1 Å². The second kappa shape index (κ2) is 7.53. The number of carbonyl (C=O) groups excluding carboxylic acids is 1. The molecule has 1 aromatic carbocycles. The lowest BCUT2D eigenvalue weighted by atomic mass is 10.1. The number of nitro benzene ring substituents is 1. The van der Waals surface area contributed by atoms with Gasteiger partial charge in [0.1, 0.15) is 16.5 Å². The summed E-state index contributed by atoms with van der Waals surface area (Å²) in [6.07, 6.45) is 1.30. The quantitative estimate of drug-likeness (QED) is 0.381. The Hall–Kier alpha value is -3.60. The zero-order chi connectivity index (χ0) is 18.5. The fourth-order valence-electron chi connectivity index (χ4n) is 2.09. The molecule has 3 aromatic rings. The number of aromatic nitrogens is 2. The number of para-hydroxylation sites is 1. The number of nitrogens with one attached hydrogen (secondary N) is 1. The van der Waals surface area contributed by atoms with Crippen molar-refractivity contribution in [3.63, 3.8) is 0 Å². The van der Waals surface area contributed by atoms with E-state index in [4.69, 9.17) is 10.2 Å². The highest BCUT2D eigenvalue weighted by atomic mass is 32.1. The van der Waals surface area contributed by atoms with Crippen LogP contribution in [0.2, 0.25) is 0 Å². The van der Waals surface area contributed by atoms with Gasteiger partial charge in [0.05, 0.1) is 23.1 Å². The van der Waals surface area contributed by atoms with Gasteiger partial charge in [-0.1, -0.05) is 23.5 Å². The number of nitrogens with two attached hydrogens (primary N) is 1. The zero-order valence-corrected chi connectivity index (χ0v) is 14.0. The Labute approximate surface area is 150 Å². The number of nitro groups is 1. The lowest BCUT2D eigenvalue weighted by Crippen LogP contribution is -2.19. The normalized spacial score (nSPS) is 10.9. The molecule has 3 N–H and O–H groups in total. The van der Waals surface area contributed by atoms with Gasteiger partial charge in [0, 0.05) is 6.07 Å². The van der Waals surface area contributed by atoms with Gasteiger partial charge < -0.3 is 10.2 Å². The van der Waals surface area contributed by atoms with Crippen molar-refractivity contribution in [2.75, 3.05) is 5.73 Å². The van der Waals surface area contributed by atoms with E-state index >= 15 is 0 Å². The largest absolute Gasteiger partial charge is 0.455 e. The Morgan fingerprint density at radius 1 is 1.35 bits per heavy atom. The molecule has 11 heteroatoms. The summed E-state index contributed by atoms with van der Waals surface area (Å²) in [5.74, 6) is 0.274. The SMILES string of the molecule is Nc1nnc(CC(=O)N/N=C/c2ccc(-c3ccccc3[N+](=O)[O-])o2)s1. The third-order valence-electron chi connectivity index (χ3n) is 3.17. The number of carbonyl (C=O) groups is 1. The molecule has 0 aliphatic heterocycles. The Kier molecular flexibility index (Phi) is 4.99. The van der Waals surface area contributed by atoms with Gasteiger partial charge >= 0.3 is 0 Å². The number of hydrazone groups is 1. The van der Waals surface area contributed by atoms with Crippen molar-refractivity contribution < 1.29 is 14.1 Å². The molecule has 26 heavy (non-hydrogen) atoms. The summed E-state index contributed by atoms with van der Waals surface area (Å²) in [6.45, 7) is 0. The van der Waals surface area contributed by atoms with Gasteiger partial charge in [-0.2, -0.15) is 5.10 Å². The summed E-state index contributed by atoms with van der Waals surface area (Å²) < 4.78 is 5.52. The number of anilines is 1.